The van der Waals surface area contributed by atoms with Gasteiger partial charge in [-0.25, -0.2) is 4.79 Å². The summed E-state index contributed by atoms with van der Waals surface area (Å²) in [6.45, 7) is 5.97. The van der Waals surface area contributed by atoms with Crippen molar-refractivity contribution in [3.63, 3.8) is 0 Å². The lowest BCUT2D eigenvalue weighted by Gasteiger charge is -2.21. The van der Waals surface area contributed by atoms with E-state index in [1.54, 1.807) is 6.07 Å². The van der Waals surface area contributed by atoms with Gasteiger partial charge < -0.3 is 14.0 Å². The molecule has 4 nitrogen and oxygen atoms in total. The molecular formula is C11H15BO4S. The third kappa shape index (κ3) is 2.39. The van der Waals surface area contributed by atoms with Gasteiger partial charge in [-0.15, -0.1) is 11.3 Å². The molecular weight excluding hydrogens is 239 g/mol. The predicted molar refractivity (Wildman–Crippen MR) is 66.8 cm³/mol. The first-order valence-corrected chi connectivity index (χ1v) is 6.27. The summed E-state index contributed by atoms with van der Waals surface area (Å²) >= 11 is 1.34. The Morgan fingerprint density at radius 1 is 1.53 bits per heavy atom. The van der Waals surface area contributed by atoms with Crippen molar-refractivity contribution in [3.8, 4) is 0 Å². The van der Waals surface area contributed by atoms with Gasteiger partial charge in [-0.05, 0) is 26.8 Å². The molecule has 0 unspecified atom stereocenters. The molecule has 0 N–H and O–H groups in total. The minimum Gasteiger partial charge on any atom is -0.465 e. The standard InChI is InChI=1S/C11H15BO4S/c1-7-11(2,3)16-12(15-7)9-6-5-8(17-9)10(13)14-4/h5-7H,1-4H3/t7-/m1/s1. The maximum absolute atomic E-state index is 11.3. The second-order valence-electron chi connectivity index (χ2n) is 4.53. The molecule has 0 spiro atoms. The first-order valence-electron chi connectivity index (χ1n) is 5.45. The molecule has 6 heteroatoms. The Kier molecular flexibility index (Phi) is 3.29. The van der Waals surface area contributed by atoms with E-state index in [9.17, 15) is 4.79 Å². The molecule has 0 radical (unpaired) electrons. The van der Waals surface area contributed by atoms with Gasteiger partial charge in [0.1, 0.15) is 4.88 Å². The number of hydrogen-bond acceptors (Lipinski definition) is 5. The van der Waals surface area contributed by atoms with Crippen LogP contribution in [-0.4, -0.2) is 31.9 Å². The Bertz CT molecular complexity index is 429. The van der Waals surface area contributed by atoms with Crippen LogP contribution in [0.1, 0.15) is 30.4 Å². The van der Waals surface area contributed by atoms with Crippen molar-refractivity contribution < 1.29 is 18.8 Å². The summed E-state index contributed by atoms with van der Waals surface area (Å²) in [6.07, 6.45) is 0.0242. The van der Waals surface area contributed by atoms with E-state index >= 15 is 0 Å². The molecule has 0 aliphatic carbocycles. The van der Waals surface area contributed by atoms with Crippen molar-refractivity contribution in [2.45, 2.75) is 32.5 Å². The zero-order valence-electron chi connectivity index (χ0n) is 10.4. The van der Waals surface area contributed by atoms with Crippen LogP contribution in [0.5, 0.6) is 0 Å². The Morgan fingerprint density at radius 2 is 2.24 bits per heavy atom. The summed E-state index contributed by atoms with van der Waals surface area (Å²) in [5.74, 6) is -0.327. The highest BCUT2D eigenvalue weighted by molar-refractivity contribution is 7.23. The summed E-state index contributed by atoms with van der Waals surface area (Å²) in [7, 11) is 0.985. The first-order chi connectivity index (χ1) is 7.94. The number of ether oxygens (including phenoxy) is 1. The minimum atomic E-state index is -0.386. The Labute approximate surface area is 105 Å². The van der Waals surface area contributed by atoms with Crippen LogP contribution in [0, 0.1) is 0 Å². The molecule has 2 rings (SSSR count). The van der Waals surface area contributed by atoms with Gasteiger partial charge in [0.2, 0.25) is 0 Å². The number of esters is 1. The summed E-state index contributed by atoms with van der Waals surface area (Å²) < 4.78 is 17.1. The number of rotatable bonds is 2. The van der Waals surface area contributed by atoms with E-state index < -0.39 is 0 Å². The van der Waals surface area contributed by atoms with E-state index in [4.69, 9.17) is 9.31 Å². The van der Waals surface area contributed by atoms with E-state index in [1.807, 2.05) is 26.8 Å². The minimum absolute atomic E-state index is 0.0242. The fraction of sp³-hybridized carbons (Fsp3) is 0.545. The molecule has 1 aromatic heterocycles. The number of carbonyl (C=O) groups is 1. The van der Waals surface area contributed by atoms with E-state index in [1.165, 1.54) is 18.4 Å². The van der Waals surface area contributed by atoms with E-state index in [0.717, 1.165) is 4.78 Å². The molecule has 0 bridgehead atoms. The van der Waals surface area contributed by atoms with Crippen molar-refractivity contribution in [1.29, 1.82) is 0 Å². The molecule has 92 valence electrons. The second-order valence-corrected chi connectivity index (χ2v) is 5.64. The van der Waals surface area contributed by atoms with Crippen LogP contribution in [0.3, 0.4) is 0 Å². The van der Waals surface area contributed by atoms with Gasteiger partial charge in [0.05, 0.1) is 18.8 Å². The molecule has 2 heterocycles. The van der Waals surface area contributed by atoms with E-state index in [0.29, 0.717) is 4.88 Å². The van der Waals surface area contributed by atoms with Gasteiger partial charge in [0.25, 0.3) is 0 Å². The lowest BCUT2D eigenvalue weighted by atomic mass is 9.88. The van der Waals surface area contributed by atoms with Crippen LogP contribution < -0.4 is 4.78 Å². The highest BCUT2D eigenvalue weighted by Crippen LogP contribution is 2.27. The molecule has 1 saturated heterocycles. The molecule has 0 saturated carbocycles. The lowest BCUT2D eigenvalue weighted by Crippen LogP contribution is -2.33. The Hall–Kier alpha value is -0.845. The van der Waals surface area contributed by atoms with Gasteiger partial charge >= 0.3 is 13.1 Å². The largest absolute Gasteiger partial charge is 0.505 e. The molecule has 1 aromatic rings. The summed E-state index contributed by atoms with van der Waals surface area (Å²) in [4.78, 5) is 11.9. The molecule has 1 atom stereocenters. The molecule has 1 fully saturated rings. The van der Waals surface area contributed by atoms with Crippen LogP contribution in [-0.2, 0) is 14.0 Å². The number of carbonyl (C=O) groups excluding carboxylic acids is 1. The summed E-state index contributed by atoms with van der Waals surface area (Å²) in [5, 5.41) is 0. The summed E-state index contributed by atoms with van der Waals surface area (Å²) in [5.41, 5.74) is -0.305. The third-order valence-electron chi connectivity index (χ3n) is 2.96. The van der Waals surface area contributed by atoms with Crippen molar-refractivity contribution in [1.82, 2.24) is 0 Å². The Balaban J connectivity index is 2.15. The fourth-order valence-electron chi connectivity index (χ4n) is 1.56. The zero-order chi connectivity index (χ0) is 12.6. The smallest absolute Gasteiger partial charge is 0.465 e. The molecule has 1 aliphatic rings. The van der Waals surface area contributed by atoms with E-state index in [-0.39, 0.29) is 24.8 Å². The predicted octanol–water partition coefficient (Wildman–Crippen LogP) is 1.44. The summed E-state index contributed by atoms with van der Waals surface area (Å²) in [6, 6.07) is 3.57. The van der Waals surface area contributed by atoms with Crippen LogP contribution >= 0.6 is 11.3 Å². The van der Waals surface area contributed by atoms with Crippen molar-refractivity contribution in [2.75, 3.05) is 7.11 Å². The van der Waals surface area contributed by atoms with Crippen molar-refractivity contribution in [3.05, 3.63) is 17.0 Å². The lowest BCUT2D eigenvalue weighted by molar-refractivity contribution is 0.0606. The normalized spacial score (nSPS) is 22.8. The number of methoxy groups -OCH3 is 1. The monoisotopic (exact) mass is 254 g/mol. The van der Waals surface area contributed by atoms with Crippen LogP contribution in [0.25, 0.3) is 0 Å². The van der Waals surface area contributed by atoms with Crippen molar-refractivity contribution >= 4 is 29.2 Å². The SMILES string of the molecule is COC(=O)c1ccc(B2O[C@H](C)C(C)(C)O2)s1. The average Bonchev–Trinajstić information content (AvgIpc) is 2.84. The Morgan fingerprint density at radius 3 is 2.76 bits per heavy atom. The fourth-order valence-corrected chi connectivity index (χ4v) is 2.46. The maximum atomic E-state index is 11.3. The number of thiophene rings is 1. The quantitative estimate of drug-likeness (QED) is 0.591. The first kappa shape index (κ1) is 12.6. The van der Waals surface area contributed by atoms with Gasteiger partial charge in [-0.3, -0.25) is 0 Å². The van der Waals surface area contributed by atoms with Crippen LogP contribution in [0.15, 0.2) is 12.1 Å². The van der Waals surface area contributed by atoms with Crippen LogP contribution in [0.4, 0.5) is 0 Å². The molecule has 0 aromatic carbocycles. The van der Waals surface area contributed by atoms with Crippen molar-refractivity contribution in [2.24, 2.45) is 0 Å². The average molecular weight is 254 g/mol. The number of hydrogen-bond donors (Lipinski definition) is 0. The van der Waals surface area contributed by atoms with Gasteiger partial charge in [-0.2, -0.15) is 0 Å². The topological polar surface area (TPSA) is 44.8 Å². The van der Waals surface area contributed by atoms with E-state index in [2.05, 4.69) is 4.74 Å². The highest BCUT2D eigenvalue weighted by atomic mass is 32.1. The zero-order valence-corrected chi connectivity index (χ0v) is 11.2. The van der Waals surface area contributed by atoms with Gasteiger partial charge in [0.15, 0.2) is 0 Å². The molecule has 17 heavy (non-hydrogen) atoms. The third-order valence-corrected chi connectivity index (χ3v) is 4.05. The highest BCUT2D eigenvalue weighted by Gasteiger charge is 2.44. The van der Waals surface area contributed by atoms with Gasteiger partial charge in [0, 0.05) is 4.78 Å². The second kappa shape index (κ2) is 4.44. The molecule has 0 amide bonds. The molecule has 1 aliphatic heterocycles. The maximum Gasteiger partial charge on any atom is 0.505 e. The van der Waals surface area contributed by atoms with Crippen LogP contribution in [0.2, 0.25) is 0 Å². The van der Waals surface area contributed by atoms with Gasteiger partial charge in [-0.1, -0.05) is 6.07 Å².